The van der Waals surface area contributed by atoms with Crippen molar-refractivity contribution in [3.05, 3.63) is 10.6 Å². The first-order chi connectivity index (χ1) is 9.54. The molecule has 8 heteroatoms. The van der Waals surface area contributed by atoms with Gasteiger partial charge in [-0.05, 0) is 25.7 Å². The molecule has 0 spiro atoms. The van der Waals surface area contributed by atoms with Crippen LogP contribution in [0.2, 0.25) is 0 Å². The summed E-state index contributed by atoms with van der Waals surface area (Å²) in [6, 6.07) is -0.675. The molecule has 20 heavy (non-hydrogen) atoms. The smallest absolute Gasteiger partial charge is 0.327 e. The van der Waals surface area contributed by atoms with Crippen LogP contribution in [0, 0.1) is 0 Å². The van der Waals surface area contributed by atoms with Crippen molar-refractivity contribution in [2.45, 2.75) is 38.5 Å². The lowest BCUT2D eigenvalue weighted by atomic mass is 10.0. The Morgan fingerprint density at radius 1 is 1.20 bits per heavy atom. The number of fused-ring (bicyclic) bond motifs is 1. The number of carboxylic acid groups (broad SMARTS) is 1. The number of urea groups is 1. The lowest BCUT2D eigenvalue weighted by molar-refractivity contribution is -0.138. The molecule has 1 heterocycles. The lowest BCUT2D eigenvalue weighted by Gasteiger charge is -2.06. The standard InChI is InChI=1S/C12H15N3O4S/c16-9(5-6-10(17)18)14-11(19)15-12-13-7-3-1-2-4-8(7)20-12/h1-6H2,(H,17,18)(H2,13,14,15,16,19). The third-order valence-electron chi connectivity index (χ3n) is 2.89. The zero-order chi connectivity index (χ0) is 14.5. The summed E-state index contributed by atoms with van der Waals surface area (Å²) < 4.78 is 0. The summed E-state index contributed by atoms with van der Waals surface area (Å²) in [7, 11) is 0. The Kier molecular flexibility index (Phi) is 4.67. The molecule has 0 unspecified atom stereocenters. The highest BCUT2D eigenvalue weighted by molar-refractivity contribution is 7.15. The van der Waals surface area contributed by atoms with E-state index in [1.807, 2.05) is 0 Å². The van der Waals surface area contributed by atoms with Gasteiger partial charge < -0.3 is 5.11 Å². The molecular weight excluding hydrogens is 282 g/mol. The first-order valence-electron chi connectivity index (χ1n) is 6.36. The monoisotopic (exact) mass is 297 g/mol. The van der Waals surface area contributed by atoms with E-state index in [2.05, 4.69) is 15.6 Å². The van der Waals surface area contributed by atoms with Crippen molar-refractivity contribution < 1.29 is 19.5 Å². The summed E-state index contributed by atoms with van der Waals surface area (Å²) in [4.78, 5) is 38.6. The number of nitrogens with zero attached hydrogens (tertiary/aromatic N) is 1. The van der Waals surface area contributed by atoms with E-state index < -0.39 is 17.9 Å². The number of amides is 3. The maximum absolute atomic E-state index is 11.6. The summed E-state index contributed by atoms with van der Waals surface area (Å²) in [5, 5.41) is 13.5. The molecule has 0 atom stereocenters. The van der Waals surface area contributed by atoms with E-state index in [-0.39, 0.29) is 12.8 Å². The van der Waals surface area contributed by atoms with Gasteiger partial charge in [0.25, 0.3) is 0 Å². The Hall–Kier alpha value is -1.96. The van der Waals surface area contributed by atoms with Gasteiger partial charge in [0.05, 0.1) is 12.1 Å². The van der Waals surface area contributed by atoms with Crippen LogP contribution >= 0.6 is 11.3 Å². The minimum atomic E-state index is -1.08. The van der Waals surface area contributed by atoms with Crippen LogP contribution in [-0.2, 0) is 22.4 Å². The maximum Gasteiger partial charge on any atom is 0.327 e. The molecule has 2 rings (SSSR count). The van der Waals surface area contributed by atoms with Gasteiger partial charge in [-0.15, -0.1) is 11.3 Å². The minimum Gasteiger partial charge on any atom is -0.481 e. The highest BCUT2D eigenvalue weighted by Crippen LogP contribution is 2.29. The molecule has 0 fully saturated rings. The van der Waals surface area contributed by atoms with Crippen molar-refractivity contribution in [3.8, 4) is 0 Å². The van der Waals surface area contributed by atoms with Crippen LogP contribution in [0.25, 0.3) is 0 Å². The number of hydrogen-bond donors (Lipinski definition) is 3. The summed E-state index contributed by atoms with van der Waals surface area (Å²) in [6.45, 7) is 0. The van der Waals surface area contributed by atoms with E-state index in [1.54, 1.807) is 0 Å². The van der Waals surface area contributed by atoms with Crippen LogP contribution in [0.4, 0.5) is 9.93 Å². The second-order valence-electron chi connectivity index (χ2n) is 4.49. The topological polar surface area (TPSA) is 108 Å². The highest BCUT2D eigenvalue weighted by atomic mass is 32.1. The molecule has 0 aliphatic heterocycles. The number of nitrogens with one attached hydrogen (secondary N) is 2. The number of carboxylic acids is 1. The Morgan fingerprint density at radius 2 is 1.95 bits per heavy atom. The second-order valence-corrected chi connectivity index (χ2v) is 5.58. The first kappa shape index (κ1) is 14.4. The van der Waals surface area contributed by atoms with Gasteiger partial charge in [-0.2, -0.15) is 0 Å². The number of rotatable bonds is 4. The average Bonchev–Trinajstić information content (AvgIpc) is 2.78. The molecule has 0 saturated heterocycles. The quantitative estimate of drug-likeness (QED) is 0.781. The van der Waals surface area contributed by atoms with Gasteiger partial charge in [-0.25, -0.2) is 9.78 Å². The third-order valence-corrected chi connectivity index (χ3v) is 3.96. The van der Waals surface area contributed by atoms with Crippen molar-refractivity contribution in [2.24, 2.45) is 0 Å². The Balaban J connectivity index is 1.83. The number of imide groups is 1. The molecule has 1 aromatic heterocycles. The fourth-order valence-electron chi connectivity index (χ4n) is 1.94. The van der Waals surface area contributed by atoms with Crippen molar-refractivity contribution in [1.82, 2.24) is 10.3 Å². The van der Waals surface area contributed by atoms with E-state index >= 15 is 0 Å². The zero-order valence-corrected chi connectivity index (χ0v) is 11.6. The molecule has 0 bridgehead atoms. The third kappa shape index (κ3) is 4.02. The van der Waals surface area contributed by atoms with Crippen molar-refractivity contribution >= 4 is 34.4 Å². The molecule has 0 aromatic carbocycles. The van der Waals surface area contributed by atoms with Crippen molar-refractivity contribution in [1.29, 1.82) is 0 Å². The van der Waals surface area contributed by atoms with Crippen LogP contribution in [0.1, 0.15) is 36.3 Å². The van der Waals surface area contributed by atoms with Gasteiger partial charge in [0.2, 0.25) is 5.91 Å². The van der Waals surface area contributed by atoms with Gasteiger partial charge in [0, 0.05) is 11.3 Å². The number of aliphatic carboxylic acids is 1. The number of carbonyl (C=O) groups is 3. The number of hydrogen-bond acceptors (Lipinski definition) is 5. The highest BCUT2D eigenvalue weighted by Gasteiger charge is 2.17. The normalized spacial score (nSPS) is 13.4. The Morgan fingerprint density at radius 3 is 2.65 bits per heavy atom. The van der Waals surface area contributed by atoms with E-state index in [0.717, 1.165) is 31.4 Å². The van der Waals surface area contributed by atoms with Gasteiger partial charge in [0.1, 0.15) is 0 Å². The molecule has 3 amide bonds. The largest absolute Gasteiger partial charge is 0.481 e. The summed E-state index contributed by atoms with van der Waals surface area (Å²) in [5.74, 6) is -1.70. The zero-order valence-electron chi connectivity index (χ0n) is 10.8. The molecule has 7 nitrogen and oxygen atoms in total. The number of aryl methyl sites for hydroxylation is 2. The van der Waals surface area contributed by atoms with Gasteiger partial charge >= 0.3 is 12.0 Å². The van der Waals surface area contributed by atoms with Gasteiger partial charge in [-0.3, -0.25) is 20.2 Å². The number of aromatic nitrogens is 1. The lowest BCUT2D eigenvalue weighted by Crippen LogP contribution is -2.34. The van der Waals surface area contributed by atoms with E-state index in [0.29, 0.717) is 5.13 Å². The Bertz CT molecular complexity index is 517. The van der Waals surface area contributed by atoms with Gasteiger partial charge in [0.15, 0.2) is 5.13 Å². The summed E-state index contributed by atoms with van der Waals surface area (Å²) >= 11 is 1.42. The number of carbonyl (C=O) groups excluding carboxylic acids is 2. The maximum atomic E-state index is 11.6. The van der Waals surface area contributed by atoms with E-state index in [9.17, 15) is 14.4 Å². The molecule has 0 radical (unpaired) electrons. The molecular formula is C12H15N3O4S. The molecule has 1 aromatic rings. The molecule has 108 valence electrons. The first-order valence-corrected chi connectivity index (χ1v) is 7.17. The van der Waals surface area contributed by atoms with Crippen LogP contribution in [-0.4, -0.2) is 28.0 Å². The fraction of sp³-hybridized carbons (Fsp3) is 0.500. The average molecular weight is 297 g/mol. The Labute approximate surface area is 119 Å². The van der Waals surface area contributed by atoms with Crippen LogP contribution in [0.3, 0.4) is 0 Å². The van der Waals surface area contributed by atoms with Crippen molar-refractivity contribution in [3.63, 3.8) is 0 Å². The van der Waals surface area contributed by atoms with Crippen LogP contribution < -0.4 is 10.6 Å². The van der Waals surface area contributed by atoms with Crippen molar-refractivity contribution in [2.75, 3.05) is 5.32 Å². The molecule has 0 saturated carbocycles. The predicted molar refractivity (Wildman–Crippen MR) is 72.8 cm³/mol. The second kappa shape index (κ2) is 6.47. The van der Waals surface area contributed by atoms with Crippen LogP contribution in [0.15, 0.2) is 0 Å². The fourth-order valence-corrected chi connectivity index (χ4v) is 2.99. The van der Waals surface area contributed by atoms with Gasteiger partial charge in [-0.1, -0.05) is 0 Å². The van der Waals surface area contributed by atoms with E-state index in [1.165, 1.54) is 16.2 Å². The SMILES string of the molecule is O=C(O)CCC(=O)NC(=O)Nc1nc2c(s1)CCCC2. The molecule has 3 N–H and O–H groups in total. The van der Waals surface area contributed by atoms with E-state index in [4.69, 9.17) is 5.11 Å². The number of anilines is 1. The molecule has 1 aliphatic rings. The molecule has 1 aliphatic carbocycles. The van der Waals surface area contributed by atoms with Crippen LogP contribution in [0.5, 0.6) is 0 Å². The number of thiazole rings is 1. The summed E-state index contributed by atoms with van der Waals surface area (Å²) in [6.07, 6.45) is 3.62. The predicted octanol–water partition coefficient (Wildman–Crippen LogP) is 1.53. The summed E-state index contributed by atoms with van der Waals surface area (Å²) in [5.41, 5.74) is 1.02. The minimum absolute atomic E-state index is 0.225.